The Hall–Kier alpha value is -2.27. The molecular weight excluding hydrogens is 245 g/mol. The van der Waals surface area contributed by atoms with Gasteiger partial charge in [0.1, 0.15) is 11.6 Å². The summed E-state index contributed by atoms with van der Waals surface area (Å²) in [7, 11) is 0. The molecule has 0 aliphatic rings. The second kappa shape index (κ2) is 5.58. The molecule has 0 unspecified atom stereocenters. The molecule has 1 aromatic heterocycles. The number of nitrogens with two attached hydrogens (primary N) is 1. The van der Waals surface area contributed by atoms with Crippen molar-refractivity contribution < 1.29 is 9.18 Å². The second-order valence-electron chi connectivity index (χ2n) is 4.19. The predicted molar refractivity (Wildman–Crippen MR) is 71.2 cm³/mol. The van der Waals surface area contributed by atoms with Crippen LogP contribution in [0.3, 0.4) is 0 Å². The quantitative estimate of drug-likeness (QED) is 0.888. The summed E-state index contributed by atoms with van der Waals surface area (Å²) in [4.78, 5) is 15.9. The lowest BCUT2D eigenvalue weighted by Crippen LogP contribution is -2.15. The third-order valence-electron chi connectivity index (χ3n) is 2.67. The number of aromatic nitrogens is 1. The van der Waals surface area contributed by atoms with Crippen molar-refractivity contribution in [1.29, 1.82) is 0 Å². The van der Waals surface area contributed by atoms with Crippen LogP contribution in [0.4, 0.5) is 10.2 Å². The lowest BCUT2D eigenvalue weighted by atomic mass is 10.1. The highest BCUT2D eigenvalue weighted by atomic mass is 19.1. The van der Waals surface area contributed by atoms with Gasteiger partial charge in [-0.2, -0.15) is 0 Å². The number of anilines is 1. The lowest BCUT2D eigenvalue weighted by Gasteiger charge is -2.06. The van der Waals surface area contributed by atoms with E-state index in [9.17, 15) is 9.18 Å². The summed E-state index contributed by atoms with van der Waals surface area (Å²) < 4.78 is 13.6. The molecule has 1 amide bonds. The average Bonchev–Trinajstić information content (AvgIpc) is 2.39. The Balaban J connectivity index is 2.15. The first-order valence-electron chi connectivity index (χ1n) is 5.82. The molecule has 98 valence electrons. The first kappa shape index (κ1) is 13.2. The average molecular weight is 259 g/mol. The van der Waals surface area contributed by atoms with Crippen LogP contribution in [0, 0.1) is 12.7 Å². The van der Waals surface area contributed by atoms with Gasteiger partial charge in [0.25, 0.3) is 5.91 Å². The lowest BCUT2D eigenvalue weighted by molar-refractivity contribution is 0.102. The molecule has 0 atom stereocenters. The van der Waals surface area contributed by atoms with Crippen molar-refractivity contribution in [2.45, 2.75) is 13.5 Å². The van der Waals surface area contributed by atoms with E-state index in [4.69, 9.17) is 5.73 Å². The Morgan fingerprint density at radius 1 is 1.37 bits per heavy atom. The minimum Gasteiger partial charge on any atom is -0.326 e. The molecule has 4 nitrogen and oxygen atoms in total. The summed E-state index contributed by atoms with van der Waals surface area (Å²) in [6.45, 7) is 2.14. The SMILES string of the molecule is Cc1ccc(C(=O)Nc2ccc(CN)cn2)c(F)c1. The summed E-state index contributed by atoms with van der Waals surface area (Å²) in [5.74, 6) is -0.705. The van der Waals surface area contributed by atoms with Crippen LogP contribution in [0.15, 0.2) is 36.5 Å². The van der Waals surface area contributed by atoms with Crippen LogP contribution in [0.5, 0.6) is 0 Å². The third kappa shape index (κ3) is 3.14. The first-order valence-corrected chi connectivity index (χ1v) is 5.82. The molecule has 0 aliphatic heterocycles. The van der Waals surface area contributed by atoms with Crippen molar-refractivity contribution in [3.8, 4) is 0 Å². The highest BCUT2D eigenvalue weighted by Gasteiger charge is 2.12. The number of pyridine rings is 1. The fraction of sp³-hybridized carbons (Fsp3) is 0.143. The number of amides is 1. The van der Waals surface area contributed by atoms with Gasteiger partial charge in [-0.1, -0.05) is 12.1 Å². The zero-order valence-corrected chi connectivity index (χ0v) is 10.5. The Morgan fingerprint density at radius 2 is 2.16 bits per heavy atom. The van der Waals surface area contributed by atoms with Crippen molar-refractivity contribution in [2.24, 2.45) is 5.73 Å². The van der Waals surface area contributed by atoms with Gasteiger partial charge in [-0.25, -0.2) is 9.37 Å². The Morgan fingerprint density at radius 3 is 2.74 bits per heavy atom. The van der Waals surface area contributed by atoms with Crippen LogP contribution in [-0.4, -0.2) is 10.9 Å². The zero-order chi connectivity index (χ0) is 13.8. The molecular formula is C14H14FN3O. The number of nitrogens with one attached hydrogen (secondary N) is 1. The number of hydrogen-bond acceptors (Lipinski definition) is 3. The normalized spacial score (nSPS) is 10.3. The molecule has 2 rings (SSSR count). The molecule has 0 radical (unpaired) electrons. The highest BCUT2D eigenvalue weighted by Crippen LogP contribution is 2.12. The molecule has 0 aliphatic carbocycles. The molecule has 2 aromatic rings. The second-order valence-corrected chi connectivity index (χ2v) is 4.19. The Labute approximate surface area is 110 Å². The summed E-state index contributed by atoms with van der Waals surface area (Å²) in [5.41, 5.74) is 7.07. The van der Waals surface area contributed by atoms with Gasteiger partial charge in [0.2, 0.25) is 0 Å². The Kier molecular flexibility index (Phi) is 3.87. The Bertz CT molecular complexity index is 596. The molecule has 0 bridgehead atoms. The fourth-order valence-electron chi connectivity index (χ4n) is 1.61. The maximum Gasteiger partial charge on any atom is 0.259 e. The van der Waals surface area contributed by atoms with Gasteiger partial charge >= 0.3 is 0 Å². The number of nitrogens with zero attached hydrogens (tertiary/aromatic N) is 1. The van der Waals surface area contributed by atoms with Gasteiger partial charge in [-0.05, 0) is 36.2 Å². The number of hydrogen-bond donors (Lipinski definition) is 2. The minimum absolute atomic E-state index is 0.00435. The number of carbonyl (C=O) groups is 1. The smallest absolute Gasteiger partial charge is 0.259 e. The van der Waals surface area contributed by atoms with E-state index in [0.29, 0.717) is 12.4 Å². The van der Waals surface area contributed by atoms with Crippen molar-refractivity contribution >= 4 is 11.7 Å². The van der Waals surface area contributed by atoms with Gasteiger partial charge in [0, 0.05) is 12.7 Å². The molecule has 0 saturated carbocycles. The van der Waals surface area contributed by atoms with E-state index in [1.165, 1.54) is 12.1 Å². The topological polar surface area (TPSA) is 68.0 Å². The first-order chi connectivity index (χ1) is 9.10. The molecule has 19 heavy (non-hydrogen) atoms. The number of halogens is 1. The minimum atomic E-state index is -0.545. The van der Waals surface area contributed by atoms with Crippen LogP contribution < -0.4 is 11.1 Å². The van der Waals surface area contributed by atoms with Crippen LogP contribution in [-0.2, 0) is 6.54 Å². The van der Waals surface area contributed by atoms with E-state index in [2.05, 4.69) is 10.3 Å². The van der Waals surface area contributed by atoms with Crippen molar-refractivity contribution in [1.82, 2.24) is 4.98 Å². The molecule has 3 N–H and O–H groups in total. The number of rotatable bonds is 3. The molecule has 0 spiro atoms. The largest absolute Gasteiger partial charge is 0.326 e. The predicted octanol–water partition coefficient (Wildman–Crippen LogP) is 2.24. The number of aryl methyl sites for hydroxylation is 1. The standard InChI is InChI=1S/C14H14FN3O/c1-9-2-4-11(12(15)6-9)14(19)18-13-5-3-10(7-16)8-17-13/h2-6,8H,7,16H2,1H3,(H,17,18,19). The van der Waals surface area contributed by atoms with Crippen molar-refractivity contribution in [3.05, 3.63) is 59.0 Å². The van der Waals surface area contributed by atoms with E-state index < -0.39 is 11.7 Å². The molecule has 5 heteroatoms. The maximum absolute atomic E-state index is 13.6. The van der Waals surface area contributed by atoms with Crippen LogP contribution in [0.2, 0.25) is 0 Å². The van der Waals surface area contributed by atoms with Crippen LogP contribution in [0.25, 0.3) is 0 Å². The third-order valence-corrected chi connectivity index (χ3v) is 2.67. The van der Waals surface area contributed by atoms with E-state index in [1.54, 1.807) is 31.3 Å². The maximum atomic E-state index is 13.6. The van der Waals surface area contributed by atoms with E-state index in [-0.39, 0.29) is 5.56 Å². The van der Waals surface area contributed by atoms with Gasteiger partial charge < -0.3 is 11.1 Å². The molecule has 1 heterocycles. The monoisotopic (exact) mass is 259 g/mol. The summed E-state index contributed by atoms with van der Waals surface area (Å²) >= 11 is 0. The van der Waals surface area contributed by atoms with Gasteiger partial charge in [-0.3, -0.25) is 4.79 Å². The van der Waals surface area contributed by atoms with E-state index >= 15 is 0 Å². The molecule has 1 aromatic carbocycles. The van der Waals surface area contributed by atoms with Crippen LogP contribution >= 0.6 is 0 Å². The van der Waals surface area contributed by atoms with Gasteiger partial charge in [0.15, 0.2) is 0 Å². The number of carbonyl (C=O) groups excluding carboxylic acids is 1. The summed E-state index contributed by atoms with van der Waals surface area (Å²) in [6, 6.07) is 7.84. The summed E-state index contributed by atoms with van der Waals surface area (Å²) in [6.07, 6.45) is 1.57. The van der Waals surface area contributed by atoms with Crippen molar-refractivity contribution in [2.75, 3.05) is 5.32 Å². The summed E-state index contributed by atoms with van der Waals surface area (Å²) in [5, 5.41) is 2.54. The highest BCUT2D eigenvalue weighted by molar-refractivity contribution is 6.03. The molecule has 0 saturated heterocycles. The zero-order valence-electron chi connectivity index (χ0n) is 10.5. The van der Waals surface area contributed by atoms with Crippen LogP contribution in [0.1, 0.15) is 21.5 Å². The fourth-order valence-corrected chi connectivity index (χ4v) is 1.61. The van der Waals surface area contributed by atoms with E-state index in [0.717, 1.165) is 11.1 Å². The van der Waals surface area contributed by atoms with Crippen molar-refractivity contribution in [3.63, 3.8) is 0 Å². The van der Waals surface area contributed by atoms with Gasteiger partial charge in [-0.15, -0.1) is 0 Å². The van der Waals surface area contributed by atoms with E-state index in [1.807, 2.05) is 0 Å². The molecule has 0 fully saturated rings. The number of benzene rings is 1. The van der Waals surface area contributed by atoms with Gasteiger partial charge in [0.05, 0.1) is 5.56 Å².